The fourth-order valence-electron chi connectivity index (χ4n) is 2.21. The van der Waals surface area contributed by atoms with Gasteiger partial charge in [0.05, 0.1) is 6.61 Å². The summed E-state index contributed by atoms with van der Waals surface area (Å²) in [5, 5.41) is 0. The Morgan fingerprint density at radius 3 is 2.44 bits per heavy atom. The van der Waals surface area contributed by atoms with Crippen LogP contribution in [0.2, 0.25) is 0 Å². The molecule has 4 heteroatoms. The third-order valence-electron chi connectivity index (χ3n) is 3.01. The maximum absolute atomic E-state index is 5.87. The van der Waals surface area contributed by atoms with E-state index in [4.69, 9.17) is 25.4 Å². The first kappa shape index (κ1) is 13.6. The van der Waals surface area contributed by atoms with Gasteiger partial charge in [0.2, 0.25) is 0 Å². The van der Waals surface area contributed by atoms with Gasteiger partial charge in [0, 0.05) is 0 Å². The van der Waals surface area contributed by atoms with Gasteiger partial charge in [-0.3, -0.25) is 0 Å². The van der Waals surface area contributed by atoms with Crippen molar-refractivity contribution in [1.29, 1.82) is 0 Å². The molecule has 0 unspecified atom stereocenters. The van der Waals surface area contributed by atoms with E-state index < -0.39 is 17.7 Å². The number of hydrogen-bond acceptors (Lipinski definition) is 4. The Morgan fingerprint density at radius 1 is 1.17 bits per heavy atom. The summed E-state index contributed by atoms with van der Waals surface area (Å²) in [6.45, 7) is 11.8. The molecule has 2 rings (SSSR count). The van der Waals surface area contributed by atoms with Gasteiger partial charge in [0.15, 0.2) is 11.6 Å². The summed E-state index contributed by atoms with van der Waals surface area (Å²) >= 11 is 0. The molecule has 2 aliphatic rings. The van der Waals surface area contributed by atoms with Crippen LogP contribution in [-0.4, -0.2) is 36.5 Å². The summed E-state index contributed by atoms with van der Waals surface area (Å²) in [5.74, 6) is 1.24. The van der Waals surface area contributed by atoms with Crippen LogP contribution in [0, 0.1) is 12.3 Å². The van der Waals surface area contributed by atoms with Crippen molar-refractivity contribution in [2.24, 2.45) is 0 Å². The molecule has 0 spiro atoms. The Kier molecular flexibility index (Phi) is 3.28. The Bertz CT molecular complexity index is 391. The third-order valence-corrected chi connectivity index (χ3v) is 3.01. The van der Waals surface area contributed by atoms with Crippen LogP contribution in [0.5, 0.6) is 0 Å². The van der Waals surface area contributed by atoms with E-state index in [2.05, 4.69) is 12.5 Å². The minimum absolute atomic E-state index is 0.309. The first-order valence-electron chi connectivity index (χ1n) is 6.05. The van der Waals surface area contributed by atoms with E-state index in [1.165, 1.54) is 0 Å². The van der Waals surface area contributed by atoms with Crippen molar-refractivity contribution in [3.05, 3.63) is 12.2 Å². The van der Waals surface area contributed by atoms with E-state index in [1.54, 1.807) is 0 Å². The standard InChI is InChI=1S/C14H20O4/c1-7-10-12(18-14(5,6)16-10)11-9(2)8-15-13(3,4)17-11/h1,10-12H,2,8H2,3-6H3/t10-,11+,12-/m0/s1. The van der Waals surface area contributed by atoms with Gasteiger partial charge in [0.1, 0.15) is 18.3 Å². The molecule has 0 saturated carbocycles. The van der Waals surface area contributed by atoms with Gasteiger partial charge in [-0.15, -0.1) is 6.42 Å². The van der Waals surface area contributed by atoms with Crippen molar-refractivity contribution in [3.63, 3.8) is 0 Å². The molecule has 0 aromatic heterocycles. The zero-order valence-corrected chi connectivity index (χ0v) is 11.4. The molecule has 2 fully saturated rings. The highest BCUT2D eigenvalue weighted by molar-refractivity contribution is 5.16. The van der Waals surface area contributed by atoms with E-state index in [9.17, 15) is 0 Å². The summed E-state index contributed by atoms with van der Waals surface area (Å²) in [6, 6.07) is 0. The lowest BCUT2D eigenvalue weighted by atomic mass is 10.0. The predicted molar refractivity (Wildman–Crippen MR) is 66.7 cm³/mol. The summed E-state index contributed by atoms with van der Waals surface area (Å²) in [6.07, 6.45) is 4.40. The summed E-state index contributed by atoms with van der Waals surface area (Å²) in [4.78, 5) is 0. The van der Waals surface area contributed by atoms with Crippen LogP contribution in [-0.2, 0) is 18.9 Å². The Balaban J connectivity index is 2.19. The van der Waals surface area contributed by atoms with Gasteiger partial charge < -0.3 is 18.9 Å². The van der Waals surface area contributed by atoms with Gasteiger partial charge in [-0.1, -0.05) is 12.5 Å². The second-order valence-electron chi connectivity index (χ2n) is 5.57. The normalized spacial score (nSPS) is 38.4. The molecule has 0 radical (unpaired) electrons. The topological polar surface area (TPSA) is 36.9 Å². The van der Waals surface area contributed by atoms with Gasteiger partial charge in [-0.2, -0.15) is 0 Å². The zero-order valence-electron chi connectivity index (χ0n) is 11.4. The largest absolute Gasteiger partial charge is 0.346 e. The van der Waals surface area contributed by atoms with Crippen LogP contribution in [0.3, 0.4) is 0 Å². The summed E-state index contributed by atoms with van der Waals surface area (Å²) < 4.78 is 22.9. The average molecular weight is 252 g/mol. The van der Waals surface area contributed by atoms with E-state index in [0.29, 0.717) is 6.61 Å². The highest BCUT2D eigenvalue weighted by atomic mass is 16.8. The van der Waals surface area contributed by atoms with Crippen LogP contribution < -0.4 is 0 Å². The van der Waals surface area contributed by atoms with E-state index >= 15 is 0 Å². The quantitative estimate of drug-likeness (QED) is 0.527. The van der Waals surface area contributed by atoms with E-state index in [1.807, 2.05) is 27.7 Å². The molecule has 18 heavy (non-hydrogen) atoms. The highest BCUT2D eigenvalue weighted by Crippen LogP contribution is 2.36. The second kappa shape index (κ2) is 4.36. The molecular formula is C14H20O4. The van der Waals surface area contributed by atoms with E-state index in [-0.39, 0.29) is 12.2 Å². The molecule has 2 heterocycles. The highest BCUT2D eigenvalue weighted by Gasteiger charge is 2.48. The molecule has 3 atom stereocenters. The first-order chi connectivity index (χ1) is 8.24. The Hall–Kier alpha value is -0.860. The third kappa shape index (κ3) is 2.60. The number of terminal acetylenes is 1. The minimum Gasteiger partial charge on any atom is -0.346 e. The predicted octanol–water partition coefficient (Wildman–Crippen LogP) is 1.85. The lowest BCUT2D eigenvalue weighted by Gasteiger charge is -2.39. The van der Waals surface area contributed by atoms with Crippen molar-refractivity contribution in [1.82, 2.24) is 0 Å². The van der Waals surface area contributed by atoms with E-state index in [0.717, 1.165) is 5.57 Å². The number of hydrogen-bond donors (Lipinski definition) is 0. The molecule has 0 aromatic rings. The van der Waals surface area contributed by atoms with Crippen LogP contribution >= 0.6 is 0 Å². The molecule has 0 N–H and O–H groups in total. The van der Waals surface area contributed by atoms with Crippen molar-refractivity contribution < 1.29 is 18.9 Å². The summed E-state index contributed by atoms with van der Waals surface area (Å²) in [7, 11) is 0. The minimum atomic E-state index is -0.701. The molecule has 0 aliphatic carbocycles. The SMILES string of the molecule is C#C[C@@H]1OC(C)(C)O[C@@H]1[C@@H]1OC(C)(C)OCC1=C. The smallest absolute Gasteiger partial charge is 0.165 e. The first-order valence-corrected chi connectivity index (χ1v) is 6.05. The molecule has 0 bridgehead atoms. The number of rotatable bonds is 1. The molecule has 0 amide bonds. The Labute approximate surface area is 108 Å². The van der Waals surface area contributed by atoms with Crippen LogP contribution in [0.15, 0.2) is 12.2 Å². The zero-order chi connectivity index (χ0) is 13.6. The van der Waals surface area contributed by atoms with Crippen molar-refractivity contribution >= 4 is 0 Å². The molecule has 2 aliphatic heterocycles. The lowest BCUT2D eigenvalue weighted by Crippen LogP contribution is -2.49. The molecule has 0 aromatic carbocycles. The maximum atomic E-state index is 5.87. The van der Waals surface area contributed by atoms with Crippen LogP contribution in [0.25, 0.3) is 0 Å². The molecule has 2 saturated heterocycles. The van der Waals surface area contributed by atoms with Gasteiger partial charge >= 0.3 is 0 Å². The summed E-state index contributed by atoms with van der Waals surface area (Å²) in [5.41, 5.74) is 0.820. The van der Waals surface area contributed by atoms with Gasteiger partial charge in [-0.05, 0) is 33.3 Å². The van der Waals surface area contributed by atoms with Crippen molar-refractivity contribution in [2.45, 2.75) is 57.6 Å². The fourth-order valence-corrected chi connectivity index (χ4v) is 2.21. The van der Waals surface area contributed by atoms with Crippen LogP contribution in [0.4, 0.5) is 0 Å². The maximum Gasteiger partial charge on any atom is 0.165 e. The molecule has 4 nitrogen and oxygen atoms in total. The molecular weight excluding hydrogens is 232 g/mol. The number of ether oxygens (including phenoxy) is 4. The Morgan fingerprint density at radius 2 is 1.83 bits per heavy atom. The average Bonchev–Trinajstić information content (AvgIpc) is 2.57. The second-order valence-corrected chi connectivity index (χ2v) is 5.57. The van der Waals surface area contributed by atoms with Crippen LogP contribution in [0.1, 0.15) is 27.7 Å². The molecule has 100 valence electrons. The van der Waals surface area contributed by atoms with Gasteiger partial charge in [-0.25, -0.2) is 0 Å². The van der Waals surface area contributed by atoms with Crippen molar-refractivity contribution in [3.8, 4) is 12.3 Å². The fraction of sp³-hybridized carbons (Fsp3) is 0.714. The lowest BCUT2D eigenvalue weighted by molar-refractivity contribution is -0.271. The monoisotopic (exact) mass is 252 g/mol. The van der Waals surface area contributed by atoms with Gasteiger partial charge in [0.25, 0.3) is 0 Å². The van der Waals surface area contributed by atoms with Crippen molar-refractivity contribution in [2.75, 3.05) is 6.61 Å².